The maximum atomic E-state index is 5.75. The molecule has 3 heterocycles. The van der Waals surface area contributed by atoms with Gasteiger partial charge in [0.05, 0.1) is 18.5 Å². The molecule has 0 bridgehead atoms. The van der Waals surface area contributed by atoms with Gasteiger partial charge >= 0.3 is 0 Å². The minimum absolute atomic E-state index is 0.240. The number of hydrogen-bond donors (Lipinski definition) is 1. The number of nitrogens with zero attached hydrogens (tertiary/aromatic N) is 4. The number of hydrogen-bond acceptors (Lipinski definition) is 7. The molecule has 31 heavy (non-hydrogen) atoms. The number of ether oxygens (including phenoxy) is 1. The van der Waals surface area contributed by atoms with Gasteiger partial charge in [0, 0.05) is 23.3 Å². The Bertz CT molecular complexity index is 1030. The van der Waals surface area contributed by atoms with E-state index in [1.165, 1.54) is 6.42 Å². The Balaban J connectivity index is 0.000000531. The van der Waals surface area contributed by atoms with Crippen LogP contribution < -0.4 is 10.5 Å². The number of rotatable bonds is 3. The Morgan fingerprint density at radius 3 is 2.42 bits per heavy atom. The summed E-state index contributed by atoms with van der Waals surface area (Å²) >= 11 is 3.32. The van der Waals surface area contributed by atoms with Gasteiger partial charge in [0.15, 0.2) is 4.96 Å². The maximum absolute atomic E-state index is 5.75. The zero-order chi connectivity index (χ0) is 23.2. The van der Waals surface area contributed by atoms with Crippen molar-refractivity contribution in [2.45, 2.75) is 34.1 Å². The highest BCUT2D eigenvalue weighted by Crippen LogP contribution is 2.34. The Morgan fingerprint density at radius 2 is 1.81 bits per heavy atom. The van der Waals surface area contributed by atoms with Gasteiger partial charge in [-0.2, -0.15) is 11.8 Å². The van der Waals surface area contributed by atoms with Gasteiger partial charge in [0.1, 0.15) is 11.4 Å². The monoisotopic (exact) mass is 459 g/mol. The van der Waals surface area contributed by atoms with Gasteiger partial charge in [-0.3, -0.25) is 4.40 Å². The van der Waals surface area contributed by atoms with Gasteiger partial charge in [-0.05, 0) is 30.7 Å². The molecule has 2 N–H and O–H groups in total. The van der Waals surface area contributed by atoms with Crippen LogP contribution in [0.1, 0.15) is 34.1 Å². The highest BCUT2D eigenvalue weighted by Gasteiger charge is 2.18. The van der Waals surface area contributed by atoms with Crippen LogP contribution in [0.4, 0.5) is 5.95 Å². The third-order valence-electron chi connectivity index (χ3n) is 3.52. The Hall–Kier alpha value is -2.58. The average molecular weight is 460 g/mol. The van der Waals surface area contributed by atoms with Crippen molar-refractivity contribution in [2.75, 3.05) is 25.4 Å². The molecule has 168 valence electrons. The fourth-order valence-corrected chi connectivity index (χ4v) is 3.22. The first-order chi connectivity index (χ1) is 15.1. The van der Waals surface area contributed by atoms with E-state index in [1.54, 1.807) is 36.4 Å². The SMILES string of the molecule is CC.CCC.COc1cccc(-c2nc3sccn3c2-c2ccnc(N)n2)c1.CSC. The summed E-state index contributed by atoms with van der Waals surface area (Å²) < 4.78 is 7.33. The molecule has 0 fully saturated rings. The first-order valence-corrected chi connectivity index (χ1v) is 12.7. The van der Waals surface area contributed by atoms with Gasteiger partial charge < -0.3 is 10.5 Å². The fraction of sp³-hybridized carbons (Fsp3) is 0.348. The predicted octanol–water partition coefficient (Wildman–Crippen LogP) is 6.53. The number of nitrogen functional groups attached to an aromatic ring is 1. The molecule has 0 atom stereocenters. The topological polar surface area (TPSA) is 78.3 Å². The van der Waals surface area contributed by atoms with Gasteiger partial charge in [0.2, 0.25) is 5.95 Å². The van der Waals surface area contributed by atoms with Crippen LogP contribution in [0.15, 0.2) is 48.1 Å². The number of methoxy groups -OCH3 is 1. The van der Waals surface area contributed by atoms with Crippen LogP contribution in [-0.2, 0) is 0 Å². The van der Waals surface area contributed by atoms with E-state index in [0.717, 1.165) is 33.4 Å². The second-order valence-corrected chi connectivity index (χ2v) is 7.70. The summed E-state index contributed by atoms with van der Waals surface area (Å²) in [4.78, 5) is 14.0. The summed E-state index contributed by atoms with van der Waals surface area (Å²) in [6.45, 7) is 8.25. The van der Waals surface area contributed by atoms with E-state index in [9.17, 15) is 0 Å². The summed E-state index contributed by atoms with van der Waals surface area (Å²) in [5.74, 6) is 1.02. The van der Waals surface area contributed by atoms with E-state index in [-0.39, 0.29) is 5.95 Å². The second kappa shape index (κ2) is 14.4. The van der Waals surface area contributed by atoms with Crippen molar-refractivity contribution >= 4 is 34.0 Å². The number of fused-ring (bicyclic) bond motifs is 1. The quantitative estimate of drug-likeness (QED) is 0.375. The highest BCUT2D eigenvalue weighted by atomic mass is 32.2. The lowest BCUT2D eigenvalue weighted by Crippen LogP contribution is -1.97. The molecule has 6 nitrogen and oxygen atoms in total. The molecular formula is C23H33N5OS2. The molecule has 3 aromatic heterocycles. The minimum atomic E-state index is 0.240. The molecule has 0 radical (unpaired) electrons. The van der Waals surface area contributed by atoms with Gasteiger partial charge in [-0.25, -0.2) is 15.0 Å². The molecule has 4 rings (SSSR count). The van der Waals surface area contributed by atoms with E-state index in [4.69, 9.17) is 15.5 Å². The minimum Gasteiger partial charge on any atom is -0.497 e. The van der Waals surface area contributed by atoms with E-state index >= 15 is 0 Å². The number of thiazole rings is 1. The molecule has 0 aliphatic heterocycles. The summed E-state index contributed by atoms with van der Waals surface area (Å²) in [6, 6.07) is 9.65. The van der Waals surface area contributed by atoms with Crippen LogP contribution in [0.3, 0.4) is 0 Å². The zero-order valence-corrected chi connectivity index (χ0v) is 21.0. The molecular weight excluding hydrogens is 426 g/mol. The van der Waals surface area contributed by atoms with Crippen molar-refractivity contribution in [2.24, 2.45) is 0 Å². The molecule has 0 spiro atoms. The van der Waals surface area contributed by atoms with Gasteiger partial charge in [0.25, 0.3) is 0 Å². The largest absolute Gasteiger partial charge is 0.497 e. The predicted molar refractivity (Wildman–Crippen MR) is 137 cm³/mol. The number of benzene rings is 1. The standard InChI is InChI=1S/C16H13N5OS.C3H8.C2H6S.C2H6/c1-22-11-4-2-3-10(9-11)13-14(12-5-6-18-15(17)19-12)21-7-8-23-16(21)20-13;2*1-3-2;1-2/h2-9H,1H3,(H2,17,18,19);3H2,1-2H3;1-2H3;1-2H3. The molecule has 4 aromatic rings. The molecule has 0 saturated heterocycles. The van der Waals surface area contributed by atoms with Crippen molar-refractivity contribution < 1.29 is 4.74 Å². The van der Waals surface area contributed by atoms with Gasteiger partial charge in [-0.1, -0.05) is 46.2 Å². The lowest BCUT2D eigenvalue weighted by atomic mass is 10.1. The van der Waals surface area contributed by atoms with Crippen LogP contribution in [0, 0.1) is 0 Å². The van der Waals surface area contributed by atoms with Gasteiger partial charge in [-0.15, -0.1) is 11.3 Å². The van der Waals surface area contributed by atoms with Crippen LogP contribution >= 0.6 is 23.1 Å². The van der Waals surface area contributed by atoms with Crippen molar-refractivity contribution in [3.05, 3.63) is 48.1 Å². The number of thioether (sulfide) groups is 1. The summed E-state index contributed by atoms with van der Waals surface area (Å²) in [7, 11) is 1.65. The number of aromatic nitrogens is 4. The molecule has 0 amide bonds. The van der Waals surface area contributed by atoms with E-state index < -0.39 is 0 Å². The number of nitrogens with two attached hydrogens (primary N) is 1. The fourth-order valence-electron chi connectivity index (χ4n) is 2.51. The lowest BCUT2D eigenvalue weighted by molar-refractivity contribution is 0.415. The van der Waals surface area contributed by atoms with Crippen molar-refractivity contribution in [1.29, 1.82) is 0 Å². The Labute approximate surface area is 193 Å². The number of anilines is 1. The third-order valence-corrected chi connectivity index (χ3v) is 4.28. The molecule has 0 aliphatic carbocycles. The highest BCUT2D eigenvalue weighted by molar-refractivity contribution is 7.97. The number of imidazole rings is 1. The average Bonchev–Trinajstić information content (AvgIpc) is 3.38. The molecule has 0 saturated carbocycles. The molecule has 0 unspecified atom stereocenters. The van der Waals surface area contributed by atoms with E-state index in [1.807, 2.05) is 72.7 Å². The van der Waals surface area contributed by atoms with Crippen molar-refractivity contribution in [1.82, 2.24) is 19.4 Å². The van der Waals surface area contributed by atoms with Crippen LogP contribution in [0.5, 0.6) is 5.75 Å². The lowest BCUT2D eigenvalue weighted by Gasteiger charge is -2.06. The second-order valence-electron chi connectivity index (χ2n) is 6.01. The first kappa shape index (κ1) is 26.5. The third kappa shape index (κ3) is 7.25. The summed E-state index contributed by atoms with van der Waals surface area (Å²) in [5, 5.41) is 1.99. The maximum Gasteiger partial charge on any atom is 0.220 e. The Kier molecular flexibility index (Phi) is 12.3. The molecule has 8 heteroatoms. The van der Waals surface area contributed by atoms with Crippen molar-refractivity contribution in [3.63, 3.8) is 0 Å². The van der Waals surface area contributed by atoms with Crippen LogP contribution in [0.25, 0.3) is 27.6 Å². The normalized spacial score (nSPS) is 9.52. The van der Waals surface area contributed by atoms with E-state index in [2.05, 4.69) is 23.8 Å². The molecule has 0 aliphatic rings. The van der Waals surface area contributed by atoms with Crippen LogP contribution in [-0.4, -0.2) is 39.0 Å². The summed E-state index contributed by atoms with van der Waals surface area (Å²) in [5.41, 5.74) is 9.19. The van der Waals surface area contributed by atoms with E-state index in [0.29, 0.717) is 0 Å². The van der Waals surface area contributed by atoms with Crippen molar-refractivity contribution in [3.8, 4) is 28.4 Å². The Morgan fingerprint density at radius 1 is 1.13 bits per heavy atom. The molecule has 1 aromatic carbocycles. The van der Waals surface area contributed by atoms with Crippen LogP contribution in [0.2, 0.25) is 0 Å². The zero-order valence-electron chi connectivity index (χ0n) is 19.4. The smallest absolute Gasteiger partial charge is 0.220 e. The summed E-state index contributed by atoms with van der Waals surface area (Å²) in [6.07, 6.45) is 8.96. The first-order valence-electron chi connectivity index (χ1n) is 10.2.